The standard InChI is InChI=1S/C12H21NOS/c1-4-5-11(14)8-13-10(3)12-7-6-9(2)15-12/h6-7,10-11,13-14H,4-5,8H2,1-3H3. The second-order valence-corrected chi connectivity index (χ2v) is 5.34. The van der Waals surface area contributed by atoms with Crippen LogP contribution in [0.5, 0.6) is 0 Å². The van der Waals surface area contributed by atoms with Crippen LogP contribution in [0, 0.1) is 6.92 Å². The van der Waals surface area contributed by atoms with E-state index in [1.165, 1.54) is 9.75 Å². The summed E-state index contributed by atoms with van der Waals surface area (Å²) in [5.74, 6) is 0. The highest BCUT2D eigenvalue weighted by atomic mass is 32.1. The molecule has 2 N–H and O–H groups in total. The Hall–Kier alpha value is -0.380. The third-order valence-electron chi connectivity index (χ3n) is 2.47. The molecule has 1 heterocycles. The first kappa shape index (κ1) is 12.7. The lowest BCUT2D eigenvalue weighted by Crippen LogP contribution is -2.28. The Morgan fingerprint density at radius 2 is 2.20 bits per heavy atom. The Labute approximate surface area is 96.3 Å². The maximum atomic E-state index is 9.59. The number of nitrogens with one attached hydrogen (secondary N) is 1. The van der Waals surface area contributed by atoms with Gasteiger partial charge < -0.3 is 10.4 Å². The smallest absolute Gasteiger partial charge is 0.0664 e. The van der Waals surface area contributed by atoms with Crippen LogP contribution in [0.15, 0.2) is 12.1 Å². The molecule has 0 saturated carbocycles. The Morgan fingerprint density at radius 1 is 1.47 bits per heavy atom. The largest absolute Gasteiger partial charge is 0.392 e. The lowest BCUT2D eigenvalue weighted by molar-refractivity contribution is 0.157. The molecule has 0 amide bonds. The summed E-state index contributed by atoms with van der Waals surface area (Å²) >= 11 is 1.82. The lowest BCUT2D eigenvalue weighted by Gasteiger charge is -2.15. The van der Waals surface area contributed by atoms with Crippen LogP contribution in [0.3, 0.4) is 0 Å². The maximum absolute atomic E-state index is 9.59. The normalized spacial score (nSPS) is 15.2. The van der Waals surface area contributed by atoms with Crippen LogP contribution in [-0.2, 0) is 0 Å². The predicted octanol–water partition coefficient (Wildman–Crippen LogP) is 2.87. The molecule has 0 radical (unpaired) electrons. The second kappa shape index (κ2) is 6.26. The summed E-state index contributed by atoms with van der Waals surface area (Å²) in [5.41, 5.74) is 0. The Kier molecular flexibility index (Phi) is 5.29. The minimum atomic E-state index is -0.210. The fourth-order valence-corrected chi connectivity index (χ4v) is 2.44. The number of hydrogen-bond acceptors (Lipinski definition) is 3. The van der Waals surface area contributed by atoms with E-state index in [-0.39, 0.29) is 6.10 Å². The Bertz CT molecular complexity index is 285. The molecule has 0 spiro atoms. The summed E-state index contributed by atoms with van der Waals surface area (Å²) in [7, 11) is 0. The SMILES string of the molecule is CCCC(O)CNC(C)c1ccc(C)s1. The van der Waals surface area contributed by atoms with Crippen LogP contribution < -0.4 is 5.32 Å². The number of thiophene rings is 1. The van der Waals surface area contributed by atoms with Gasteiger partial charge >= 0.3 is 0 Å². The van der Waals surface area contributed by atoms with Gasteiger partial charge in [-0.25, -0.2) is 0 Å². The third kappa shape index (κ3) is 4.33. The van der Waals surface area contributed by atoms with E-state index in [0.29, 0.717) is 12.6 Å². The number of aliphatic hydroxyl groups is 1. The molecule has 2 unspecified atom stereocenters. The Balaban J connectivity index is 2.33. The van der Waals surface area contributed by atoms with Gasteiger partial charge in [-0.15, -0.1) is 11.3 Å². The quantitative estimate of drug-likeness (QED) is 0.783. The third-order valence-corrected chi connectivity index (χ3v) is 3.65. The van der Waals surface area contributed by atoms with Crippen molar-refractivity contribution in [2.45, 2.75) is 45.8 Å². The first-order valence-corrected chi connectivity index (χ1v) is 6.43. The van der Waals surface area contributed by atoms with Gasteiger partial charge in [-0.3, -0.25) is 0 Å². The molecule has 1 aromatic rings. The molecule has 86 valence electrons. The molecule has 0 fully saturated rings. The van der Waals surface area contributed by atoms with Crippen LogP contribution in [0.4, 0.5) is 0 Å². The molecule has 0 aromatic carbocycles. The van der Waals surface area contributed by atoms with Crippen LogP contribution in [-0.4, -0.2) is 17.8 Å². The first-order valence-electron chi connectivity index (χ1n) is 5.61. The lowest BCUT2D eigenvalue weighted by atomic mass is 10.2. The van der Waals surface area contributed by atoms with Crippen molar-refractivity contribution in [2.24, 2.45) is 0 Å². The second-order valence-electron chi connectivity index (χ2n) is 4.02. The number of rotatable bonds is 6. The molecule has 0 saturated heterocycles. The van der Waals surface area contributed by atoms with E-state index in [9.17, 15) is 5.11 Å². The van der Waals surface area contributed by atoms with Crippen molar-refractivity contribution in [3.05, 3.63) is 21.9 Å². The van der Waals surface area contributed by atoms with Gasteiger partial charge in [0, 0.05) is 22.3 Å². The van der Waals surface area contributed by atoms with E-state index in [0.717, 1.165) is 12.8 Å². The van der Waals surface area contributed by atoms with Crippen molar-refractivity contribution in [3.63, 3.8) is 0 Å². The van der Waals surface area contributed by atoms with E-state index in [4.69, 9.17) is 0 Å². The van der Waals surface area contributed by atoms with E-state index >= 15 is 0 Å². The molecule has 0 bridgehead atoms. The van der Waals surface area contributed by atoms with Gasteiger partial charge in [0.25, 0.3) is 0 Å². The summed E-state index contributed by atoms with van der Waals surface area (Å²) in [6.45, 7) is 7.04. The van der Waals surface area contributed by atoms with Gasteiger partial charge in [-0.05, 0) is 32.4 Å². The molecule has 15 heavy (non-hydrogen) atoms. The summed E-state index contributed by atoms with van der Waals surface area (Å²) in [4.78, 5) is 2.68. The van der Waals surface area contributed by atoms with E-state index in [2.05, 4.69) is 38.2 Å². The minimum Gasteiger partial charge on any atom is -0.392 e. The summed E-state index contributed by atoms with van der Waals surface area (Å²) in [5, 5.41) is 12.9. The Morgan fingerprint density at radius 3 is 2.73 bits per heavy atom. The van der Waals surface area contributed by atoms with Gasteiger partial charge in [0.15, 0.2) is 0 Å². The molecular formula is C12H21NOS. The number of hydrogen-bond donors (Lipinski definition) is 2. The van der Waals surface area contributed by atoms with Crippen molar-refractivity contribution in [1.29, 1.82) is 0 Å². The first-order chi connectivity index (χ1) is 7.13. The van der Waals surface area contributed by atoms with E-state index in [1.807, 2.05) is 11.3 Å². The highest BCUT2D eigenvalue weighted by Crippen LogP contribution is 2.22. The minimum absolute atomic E-state index is 0.210. The topological polar surface area (TPSA) is 32.3 Å². The molecule has 0 aliphatic rings. The zero-order valence-electron chi connectivity index (χ0n) is 9.79. The molecule has 3 heteroatoms. The average Bonchev–Trinajstić information content (AvgIpc) is 2.62. The molecule has 1 aromatic heterocycles. The van der Waals surface area contributed by atoms with Crippen LogP contribution in [0.25, 0.3) is 0 Å². The van der Waals surface area contributed by atoms with Gasteiger partial charge in [0.1, 0.15) is 0 Å². The van der Waals surface area contributed by atoms with Gasteiger partial charge in [0.05, 0.1) is 6.10 Å². The summed E-state index contributed by atoms with van der Waals surface area (Å²) in [6.07, 6.45) is 1.71. The van der Waals surface area contributed by atoms with Crippen LogP contribution >= 0.6 is 11.3 Å². The highest BCUT2D eigenvalue weighted by Gasteiger charge is 2.09. The molecule has 2 nitrogen and oxygen atoms in total. The number of aryl methyl sites for hydroxylation is 1. The van der Waals surface area contributed by atoms with Crippen LogP contribution in [0.1, 0.15) is 42.5 Å². The van der Waals surface area contributed by atoms with Crippen molar-refractivity contribution in [3.8, 4) is 0 Å². The number of aliphatic hydroxyl groups excluding tert-OH is 1. The molecule has 1 rings (SSSR count). The highest BCUT2D eigenvalue weighted by molar-refractivity contribution is 7.12. The van der Waals surface area contributed by atoms with E-state index < -0.39 is 0 Å². The average molecular weight is 227 g/mol. The van der Waals surface area contributed by atoms with Crippen molar-refractivity contribution >= 4 is 11.3 Å². The fourth-order valence-electron chi connectivity index (χ4n) is 1.53. The monoisotopic (exact) mass is 227 g/mol. The zero-order chi connectivity index (χ0) is 11.3. The van der Waals surface area contributed by atoms with Crippen molar-refractivity contribution in [2.75, 3.05) is 6.54 Å². The molecular weight excluding hydrogens is 206 g/mol. The van der Waals surface area contributed by atoms with Gasteiger partial charge in [0.2, 0.25) is 0 Å². The fraction of sp³-hybridized carbons (Fsp3) is 0.667. The molecule has 2 atom stereocenters. The van der Waals surface area contributed by atoms with Gasteiger partial charge in [-0.2, -0.15) is 0 Å². The molecule has 0 aliphatic heterocycles. The van der Waals surface area contributed by atoms with Crippen LogP contribution in [0.2, 0.25) is 0 Å². The molecule has 0 aliphatic carbocycles. The van der Waals surface area contributed by atoms with Crippen molar-refractivity contribution in [1.82, 2.24) is 5.32 Å². The van der Waals surface area contributed by atoms with E-state index in [1.54, 1.807) is 0 Å². The maximum Gasteiger partial charge on any atom is 0.0664 e. The summed E-state index contributed by atoms with van der Waals surface area (Å²) < 4.78 is 0. The van der Waals surface area contributed by atoms with Gasteiger partial charge in [-0.1, -0.05) is 13.3 Å². The zero-order valence-corrected chi connectivity index (χ0v) is 10.6. The van der Waals surface area contributed by atoms with Crippen molar-refractivity contribution < 1.29 is 5.11 Å². The predicted molar refractivity (Wildman–Crippen MR) is 66.4 cm³/mol. The summed E-state index contributed by atoms with van der Waals surface area (Å²) in [6, 6.07) is 4.64.